The predicted molar refractivity (Wildman–Crippen MR) is 60.7 cm³/mol. The molecule has 0 bridgehead atoms. The molecule has 1 aliphatic carbocycles. The van der Waals surface area contributed by atoms with Crippen molar-refractivity contribution in [3.63, 3.8) is 0 Å². The van der Waals surface area contributed by atoms with Crippen molar-refractivity contribution in [3.05, 3.63) is 35.0 Å². The molecule has 1 aromatic carbocycles. The maximum Gasteiger partial charge on any atom is 0.416 e. The minimum absolute atomic E-state index is 0.298. The van der Waals surface area contributed by atoms with Gasteiger partial charge in [0.2, 0.25) is 0 Å². The summed E-state index contributed by atoms with van der Waals surface area (Å²) in [7, 11) is 0. The van der Waals surface area contributed by atoms with E-state index in [1.807, 2.05) is 0 Å². The van der Waals surface area contributed by atoms with Crippen LogP contribution in [0.4, 0.5) is 13.2 Å². The molecule has 2 aromatic rings. The van der Waals surface area contributed by atoms with Gasteiger partial charge in [-0.15, -0.1) is 0 Å². The largest absolute Gasteiger partial charge is 0.416 e. The first-order valence-corrected chi connectivity index (χ1v) is 5.68. The Morgan fingerprint density at radius 2 is 2.00 bits per heavy atom. The Morgan fingerprint density at radius 1 is 1.28 bits per heavy atom. The highest BCUT2D eigenvalue weighted by Crippen LogP contribution is 2.43. The molecule has 0 saturated heterocycles. The normalized spacial score (nSPS) is 16.2. The fourth-order valence-electron chi connectivity index (χ4n) is 2.23. The Morgan fingerprint density at radius 3 is 2.56 bits per heavy atom. The van der Waals surface area contributed by atoms with Gasteiger partial charge in [0.05, 0.1) is 5.56 Å². The number of fused-ring (bicyclic) bond motifs is 1. The van der Waals surface area contributed by atoms with E-state index in [0.29, 0.717) is 28.7 Å². The van der Waals surface area contributed by atoms with Crippen molar-refractivity contribution in [2.75, 3.05) is 0 Å². The molecule has 5 heteroatoms. The van der Waals surface area contributed by atoms with Gasteiger partial charge < -0.3 is 4.98 Å². The van der Waals surface area contributed by atoms with E-state index in [0.717, 1.165) is 30.7 Å². The number of hydrogen-bond donors (Lipinski definition) is 1. The van der Waals surface area contributed by atoms with Crippen LogP contribution in [0, 0.1) is 0 Å². The third-order valence-electron chi connectivity index (χ3n) is 3.30. The maximum absolute atomic E-state index is 12.6. The second-order valence-corrected chi connectivity index (χ2v) is 4.60. The topological polar surface area (TPSA) is 32.9 Å². The summed E-state index contributed by atoms with van der Waals surface area (Å²) in [6.07, 6.45) is -1.77. The number of aldehydes is 1. The van der Waals surface area contributed by atoms with Crippen molar-refractivity contribution in [1.82, 2.24) is 4.98 Å². The van der Waals surface area contributed by atoms with Crippen molar-refractivity contribution in [2.24, 2.45) is 0 Å². The SMILES string of the molecule is O=Cc1c(C2CC2)[nH]c2ccc(C(F)(F)F)cc12. The first-order valence-electron chi connectivity index (χ1n) is 5.68. The zero-order chi connectivity index (χ0) is 12.9. The molecule has 1 heterocycles. The summed E-state index contributed by atoms with van der Waals surface area (Å²) in [4.78, 5) is 14.2. The van der Waals surface area contributed by atoms with E-state index in [9.17, 15) is 18.0 Å². The van der Waals surface area contributed by atoms with Crippen molar-refractivity contribution in [3.8, 4) is 0 Å². The van der Waals surface area contributed by atoms with Crippen molar-refractivity contribution in [1.29, 1.82) is 0 Å². The molecule has 0 amide bonds. The lowest BCUT2D eigenvalue weighted by molar-refractivity contribution is -0.137. The average molecular weight is 253 g/mol. The van der Waals surface area contributed by atoms with Crippen LogP contribution in [-0.2, 0) is 6.18 Å². The van der Waals surface area contributed by atoms with Gasteiger partial charge in [0.1, 0.15) is 0 Å². The molecular weight excluding hydrogens is 243 g/mol. The molecule has 18 heavy (non-hydrogen) atoms. The number of aromatic amines is 1. The minimum atomic E-state index is -4.38. The van der Waals surface area contributed by atoms with E-state index in [-0.39, 0.29) is 0 Å². The molecule has 0 spiro atoms. The van der Waals surface area contributed by atoms with Crippen molar-refractivity contribution in [2.45, 2.75) is 24.9 Å². The second kappa shape index (κ2) is 3.60. The van der Waals surface area contributed by atoms with Gasteiger partial charge in [-0.25, -0.2) is 0 Å². The minimum Gasteiger partial charge on any atom is -0.358 e. The molecule has 0 radical (unpaired) electrons. The van der Waals surface area contributed by atoms with Gasteiger partial charge in [0.25, 0.3) is 0 Å². The highest BCUT2D eigenvalue weighted by Gasteiger charge is 2.32. The molecule has 3 rings (SSSR count). The predicted octanol–water partition coefficient (Wildman–Crippen LogP) is 3.88. The number of benzene rings is 1. The Kier molecular flexibility index (Phi) is 2.27. The number of carbonyl (C=O) groups is 1. The number of alkyl halides is 3. The summed E-state index contributed by atoms with van der Waals surface area (Å²) >= 11 is 0. The van der Waals surface area contributed by atoms with Gasteiger partial charge in [-0.05, 0) is 37.0 Å². The van der Waals surface area contributed by atoms with E-state index in [1.54, 1.807) is 0 Å². The highest BCUT2D eigenvalue weighted by atomic mass is 19.4. The first kappa shape index (κ1) is 11.3. The van der Waals surface area contributed by atoms with Crippen LogP contribution in [0.5, 0.6) is 0 Å². The van der Waals surface area contributed by atoms with Gasteiger partial charge in [0.15, 0.2) is 6.29 Å². The quantitative estimate of drug-likeness (QED) is 0.809. The molecule has 0 atom stereocenters. The molecule has 2 nitrogen and oxygen atoms in total. The fourth-order valence-corrected chi connectivity index (χ4v) is 2.23. The monoisotopic (exact) mass is 253 g/mol. The van der Waals surface area contributed by atoms with E-state index in [4.69, 9.17) is 0 Å². The third-order valence-corrected chi connectivity index (χ3v) is 3.30. The van der Waals surface area contributed by atoms with Crippen LogP contribution < -0.4 is 0 Å². The number of hydrogen-bond acceptors (Lipinski definition) is 1. The molecule has 1 N–H and O–H groups in total. The van der Waals surface area contributed by atoms with Crippen molar-refractivity contribution < 1.29 is 18.0 Å². The summed E-state index contributed by atoms with van der Waals surface area (Å²) in [6.45, 7) is 0. The molecule has 1 aliphatic rings. The average Bonchev–Trinajstić information content (AvgIpc) is 3.08. The highest BCUT2D eigenvalue weighted by molar-refractivity contribution is 5.99. The van der Waals surface area contributed by atoms with Gasteiger partial charge in [-0.2, -0.15) is 13.2 Å². The molecule has 0 aliphatic heterocycles. The summed E-state index contributed by atoms with van der Waals surface area (Å²) in [5.74, 6) is 0.298. The number of rotatable bonds is 2. The van der Waals surface area contributed by atoms with E-state index in [1.165, 1.54) is 6.07 Å². The van der Waals surface area contributed by atoms with Gasteiger partial charge in [-0.3, -0.25) is 4.79 Å². The number of H-pyrrole nitrogens is 1. The second-order valence-electron chi connectivity index (χ2n) is 4.60. The summed E-state index contributed by atoms with van der Waals surface area (Å²) in [5, 5.41) is 0.363. The lowest BCUT2D eigenvalue weighted by Crippen LogP contribution is -2.04. The molecule has 94 valence electrons. The molecule has 1 fully saturated rings. The number of halogens is 3. The molecular formula is C13H10F3NO. The lowest BCUT2D eigenvalue weighted by atomic mass is 10.1. The van der Waals surface area contributed by atoms with Crippen LogP contribution in [-0.4, -0.2) is 11.3 Å². The van der Waals surface area contributed by atoms with Gasteiger partial charge in [-0.1, -0.05) is 0 Å². The fraction of sp³-hybridized carbons (Fsp3) is 0.308. The van der Waals surface area contributed by atoms with E-state index in [2.05, 4.69) is 4.98 Å². The zero-order valence-corrected chi connectivity index (χ0v) is 9.34. The number of carbonyl (C=O) groups excluding carboxylic acids is 1. The Labute approximate surface area is 101 Å². The number of nitrogens with one attached hydrogen (secondary N) is 1. The smallest absolute Gasteiger partial charge is 0.358 e. The van der Waals surface area contributed by atoms with Crippen LogP contribution in [0.3, 0.4) is 0 Å². The Hall–Kier alpha value is -1.78. The van der Waals surface area contributed by atoms with Gasteiger partial charge in [0, 0.05) is 22.2 Å². The Balaban J connectivity index is 2.23. The zero-order valence-electron chi connectivity index (χ0n) is 9.34. The first-order chi connectivity index (χ1) is 8.50. The molecule has 1 aromatic heterocycles. The van der Waals surface area contributed by atoms with Gasteiger partial charge >= 0.3 is 6.18 Å². The van der Waals surface area contributed by atoms with E-state index < -0.39 is 11.7 Å². The summed E-state index contributed by atoms with van der Waals surface area (Å²) in [5.41, 5.74) is 1.02. The van der Waals surface area contributed by atoms with Crippen LogP contribution in [0.2, 0.25) is 0 Å². The summed E-state index contributed by atoms with van der Waals surface area (Å²) < 4.78 is 37.9. The standard InChI is InChI=1S/C13H10F3NO/c14-13(15,16)8-3-4-11-9(5-8)10(6-18)12(17-11)7-1-2-7/h3-7,17H,1-2H2. The van der Waals surface area contributed by atoms with Crippen LogP contribution in [0.1, 0.15) is 40.4 Å². The number of aromatic nitrogens is 1. The summed E-state index contributed by atoms with van der Waals surface area (Å²) in [6, 6.07) is 3.46. The van der Waals surface area contributed by atoms with Crippen LogP contribution in [0.25, 0.3) is 10.9 Å². The van der Waals surface area contributed by atoms with Crippen LogP contribution >= 0.6 is 0 Å². The molecule has 1 saturated carbocycles. The van der Waals surface area contributed by atoms with E-state index >= 15 is 0 Å². The maximum atomic E-state index is 12.6. The molecule has 0 unspecified atom stereocenters. The Bertz CT molecular complexity index is 623. The third kappa shape index (κ3) is 1.70. The van der Waals surface area contributed by atoms with Crippen LogP contribution in [0.15, 0.2) is 18.2 Å². The lowest BCUT2D eigenvalue weighted by Gasteiger charge is -2.05. The van der Waals surface area contributed by atoms with Crippen molar-refractivity contribution >= 4 is 17.2 Å².